The molecule has 0 heteroatoms. The van der Waals surface area contributed by atoms with E-state index in [1.54, 1.807) is 57.8 Å². The Balaban J connectivity index is 1.59. The van der Waals surface area contributed by atoms with Gasteiger partial charge in [0.05, 0.1) is 0 Å². The smallest absolute Gasteiger partial charge is 0.0357 e. The highest BCUT2D eigenvalue weighted by Crippen LogP contribution is 2.43. The fourth-order valence-electron chi connectivity index (χ4n) is 6.87. The van der Waals surface area contributed by atoms with Gasteiger partial charge in [0.25, 0.3) is 0 Å². The van der Waals surface area contributed by atoms with Crippen molar-refractivity contribution < 1.29 is 0 Å². The van der Waals surface area contributed by atoms with Gasteiger partial charge in [-0.1, -0.05) is 110 Å². The second-order valence-corrected chi connectivity index (χ2v) is 10.7. The molecule has 0 heterocycles. The van der Waals surface area contributed by atoms with Crippen LogP contribution < -0.4 is 0 Å². The first-order valence-corrected chi connectivity index (χ1v) is 12.8. The van der Waals surface area contributed by atoms with Crippen LogP contribution in [0.4, 0.5) is 0 Å². The maximum Gasteiger partial charge on any atom is -0.0357 e. The molecule has 0 aliphatic heterocycles. The number of rotatable bonds is 5. The highest BCUT2D eigenvalue weighted by Gasteiger charge is 2.32. The summed E-state index contributed by atoms with van der Waals surface area (Å²) in [4.78, 5) is 0. The van der Waals surface area contributed by atoms with Gasteiger partial charge in [-0.25, -0.2) is 0 Å². The molecule has 3 saturated carbocycles. The van der Waals surface area contributed by atoms with Gasteiger partial charge in [-0.2, -0.15) is 0 Å². The molecule has 0 nitrogen and oxygen atoms in total. The molecule has 152 valence electrons. The Morgan fingerprint density at radius 3 is 1.96 bits per heavy atom. The summed E-state index contributed by atoms with van der Waals surface area (Å²) in [5.74, 6) is 6.39. The number of hydrogen-bond acceptors (Lipinski definition) is 0. The Labute approximate surface area is 165 Å². The highest BCUT2D eigenvalue weighted by atomic mass is 14.4. The van der Waals surface area contributed by atoms with E-state index in [1.165, 1.54) is 57.8 Å². The van der Waals surface area contributed by atoms with E-state index in [0.29, 0.717) is 0 Å². The predicted octanol–water partition coefficient (Wildman–Crippen LogP) is 8.79. The van der Waals surface area contributed by atoms with Crippen LogP contribution in [0.15, 0.2) is 0 Å². The third-order valence-electron chi connectivity index (χ3n) is 8.86. The monoisotopic (exact) mass is 360 g/mol. The van der Waals surface area contributed by atoms with Gasteiger partial charge in [0.15, 0.2) is 0 Å². The molecule has 0 aromatic heterocycles. The predicted molar refractivity (Wildman–Crippen MR) is 115 cm³/mol. The van der Waals surface area contributed by atoms with Crippen LogP contribution in [-0.4, -0.2) is 0 Å². The van der Waals surface area contributed by atoms with Gasteiger partial charge in [-0.15, -0.1) is 0 Å². The lowest BCUT2D eigenvalue weighted by molar-refractivity contribution is 0.136. The fourth-order valence-corrected chi connectivity index (χ4v) is 6.87. The average Bonchev–Trinajstić information content (AvgIpc) is 2.78. The second-order valence-electron chi connectivity index (χ2n) is 10.7. The van der Waals surface area contributed by atoms with Crippen LogP contribution in [0.5, 0.6) is 0 Å². The summed E-state index contributed by atoms with van der Waals surface area (Å²) in [6, 6.07) is 0. The summed E-state index contributed by atoms with van der Waals surface area (Å²) in [5, 5.41) is 0. The molecule has 0 saturated heterocycles. The summed E-state index contributed by atoms with van der Waals surface area (Å²) in [6.45, 7) is 4.91. The lowest BCUT2D eigenvalue weighted by Gasteiger charge is -2.37. The van der Waals surface area contributed by atoms with Crippen molar-refractivity contribution >= 4 is 0 Å². The number of hydrogen-bond donors (Lipinski definition) is 0. The standard InChI is InChI=1S/C26H48/c1-3-22-9-7-8-12-26(24-10-5-4-6-11-24)25(19-17-22)20-18-23-15-13-21(2)14-16-23/h21-26H,3-20H2,1-2H3. The summed E-state index contributed by atoms with van der Waals surface area (Å²) < 4.78 is 0. The van der Waals surface area contributed by atoms with Crippen molar-refractivity contribution in [2.75, 3.05) is 0 Å². The third-order valence-corrected chi connectivity index (χ3v) is 8.86. The zero-order valence-corrected chi connectivity index (χ0v) is 18.2. The van der Waals surface area contributed by atoms with Crippen molar-refractivity contribution in [2.24, 2.45) is 35.5 Å². The van der Waals surface area contributed by atoms with Crippen LogP contribution in [0.2, 0.25) is 0 Å². The van der Waals surface area contributed by atoms with E-state index < -0.39 is 0 Å². The molecule has 0 radical (unpaired) electrons. The van der Waals surface area contributed by atoms with E-state index in [-0.39, 0.29) is 0 Å². The Bertz CT molecular complexity index is 358. The van der Waals surface area contributed by atoms with Gasteiger partial charge in [-0.05, 0) is 54.8 Å². The maximum absolute atomic E-state index is 2.47. The molecule has 3 fully saturated rings. The summed E-state index contributed by atoms with van der Waals surface area (Å²) in [6.07, 6.45) is 27.7. The normalized spacial score (nSPS) is 38.3. The largest absolute Gasteiger partial charge is 0.0651 e. The van der Waals surface area contributed by atoms with Gasteiger partial charge in [-0.3, -0.25) is 0 Å². The Morgan fingerprint density at radius 1 is 0.577 bits per heavy atom. The van der Waals surface area contributed by atoms with Crippen LogP contribution >= 0.6 is 0 Å². The van der Waals surface area contributed by atoms with Gasteiger partial charge >= 0.3 is 0 Å². The quantitative estimate of drug-likeness (QED) is 0.459. The Hall–Kier alpha value is 0. The molecule has 0 spiro atoms. The van der Waals surface area contributed by atoms with Gasteiger partial charge in [0.1, 0.15) is 0 Å². The molecule has 3 aliphatic rings. The lowest BCUT2D eigenvalue weighted by atomic mass is 9.68. The molecular weight excluding hydrogens is 312 g/mol. The van der Waals surface area contributed by atoms with Crippen molar-refractivity contribution in [1.29, 1.82) is 0 Å². The first kappa shape index (κ1) is 20.7. The zero-order chi connectivity index (χ0) is 18.2. The van der Waals surface area contributed by atoms with E-state index in [1.807, 2.05) is 0 Å². The van der Waals surface area contributed by atoms with Gasteiger partial charge in [0.2, 0.25) is 0 Å². The second kappa shape index (κ2) is 11.1. The van der Waals surface area contributed by atoms with E-state index in [0.717, 1.165) is 35.5 Å². The fraction of sp³-hybridized carbons (Fsp3) is 1.00. The van der Waals surface area contributed by atoms with Crippen LogP contribution in [0.3, 0.4) is 0 Å². The molecule has 26 heavy (non-hydrogen) atoms. The molecule has 3 aliphatic carbocycles. The Morgan fingerprint density at radius 2 is 1.23 bits per heavy atom. The minimum Gasteiger partial charge on any atom is -0.0651 e. The van der Waals surface area contributed by atoms with Crippen molar-refractivity contribution in [3.63, 3.8) is 0 Å². The van der Waals surface area contributed by atoms with Crippen molar-refractivity contribution in [2.45, 2.75) is 129 Å². The van der Waals surface area contributed by atoms with E-state index in [9.17, 15) is 0 Å². The Kier molecular flexibility index (Phi) is 8.86. The maximum atomic E-state index is 2.47. The molecule has 3 unspecified atom stereocenters. The SMILES string of the molecule is CCC1CCCCC(C2CCCCC2)C(CCC2CCC(C)CC2)CC1. The molecule has 0 N–H and O–H groups in total. The zero-order valence-electron chi connectivity index (χ0n) is 18.2. The van der Waals surface area contributed by atoms with E-state index in [4.69, 9.17) is 0 Å². The lowest BCUT2D eigenvalue weighted by Crippen LogP contribution is -2.27. The molecule has 0 amide bonds. The van der Waals surface area contributed by atoms with Crippen molar-refractivity contribution in [1.82, 2.24) is 0 Å². The van der Waals surface area contributed by atoms with Gasteiger partial charge < -0.3 is 0 Å². The van der Waals surface area contributed by atoms with Crippen LogP contribution in [0.1, 0.15) is 129 Å². The molecule has 0 aromatic rings. The molecule has 3 rings (SSSR count). The average molecular weight is 361 g/mol. The highest BCUT2D eigenvalue weighted by molar-refractivity contribution is 4.83. The van der Waals surface area contributed by atoms with Crippen LogP contribution in [0.25, 0.3) is 0 Å². The summed E-state index contributed by atoms with van der Waals surface area (Å²) >= 11 is 0. The first-order chi connectivity index (χ1) is 12.8. The summed E-state index contributed by atoms with van der Waals surface area (Å²) in [7, 11) is 0. The van der Waals surface area contributed by atoms with Crippen LogP contribution in [0, 0.1) is 35.5 Å². The minimum atomic E-state index is 1.01. The topological polar surface area (TPSA) is 0 Å². The molecule has 0 bridgehead atoms. The first-order valence-electron chi connectivity index (χ1n) is 12.8. The van der Waals surface area contributed by atoms with E-state index in [2.05, 4.69) is 13.8 Å². The van der Waals surface area contributed by atoms with Crippen molar-refractivity contribution in [3.05, 3.63) is 0 Å². The summed E-state index contributed by atoms with van der Waals surface area (Å²) in [5.41, 5.74) is 0. The van der Waals surface area contributed by atoms with E-state index >= 15 is 0 Å². The van der Waals surface area contributed by atoms with Crippen LogP contribution in [-0.2, 0) is 0 Å². The molecule has 0 aromatic carbocycles. The van der Waals surface area contributed by atoms with Crippen molar-refractivity contribution in [3.8, 4) is 0 Å². The minimum absolute atomic E-state index is 1.01. The molecule has 3 atom stereocenters. The third kappa shape index (κ3) is 6.27. The van der Waals surface area contributed by atoms with Gasteiger partial charge in [0, 0.05) is 0 Å². The molecular formula is C26H48.